The van der Waals surface area contributed by atoms with Crippen LogP contribution in [0.1, 0.15) is 50.3 Å². The number of amides is 3. The lowest BCUT2D eigenvalue weighted by atomic mass is 10.0. The van der Waals surface area contributed by atoms with Gasteiger partial charge in [0.15, 0.2) is 5.78 Å². The molecule has 3 amide bonds. The molecule has 28 heavy (non-hydrogen) atoms. The minimum atomic E-state index is -0.440. The predicted octanol–water partition coefficient (Wildman–Crippen LogP) is 2.55. The summed E-state index contributed by atoms with van der Waals surface area (Å²) in [6.07, 6.45) is 1.80. The van der Waals surface area contributed by atoms with Crippen LogP contribution in [0.25, 0.3) is 0 Å². The second-order valence-electron chi connectivity index (χ2n) is 7.12. The summed E-state index contributed by atoms with van der Waals surface area (Å²) in [6, 6.07) is 15.4. The van der Waals surface area contributed by atoms with Crippen molar-refractivity contribution in [2.75, 3.05) is 13.1 Å². The molecule has 1 atom stereocenters. The number of Topliss-reactive ketones (excluding diaryl/α,β-unsaturated/α-hetero) is 1. The molecule has 0 radical (unpaired) electrons. The summed E-state index contributed by atoms with van der Waals surface area (Å²) in [6.45, 7) is 0.247. The molecule has 2 heterocycles. The minimum Gasteiger partial charge on any atom is -0.338 e. The van der Waals surface area contributed by atoms with E-state index in [2.05, 4.69) is 0 Å². The Balaban J connectivity index is 1.44. The van der Waals surface area contributed by atoms with E-state index < -0.39 is 11.8 Å². The summed E-state index contributed by atoms with van der Waals surface area (Å²) in [4.78, 5) is 53.0. The van der Waals surface area contributed by atoms with Gasteiger partial charge >= 0.3 is 0 Å². The third kappa shape index (κ3) is 3.22. The fourth-order valence-electron chi connectivity index (χ4n) is 3.94. The molecule has 0 spiro atoms. The van der Waals surface area contributed by atoms with Crippen molar-refractivity contribution in [1.29, 1.82) is 0 Å². The van der Waals surface area contributed by atoms with Crippen LogP contribution in [0.5, 0.6) is 0 Å². The van der Waals surface area contributed by atoms with Crippen LogP contribution in [-0.2, 0) is 4.79 Å². The fourth-order valence-corrected chi connectivity index (χ4v) is 3.94. The van der Waals surface area contributed by atoms with Crippen LogP contribution >= 0.6 is 0 Å². The van der Waals surface area contributed by atoms with Gasteiger partial charge in [-0.15, -0.1) is 0 Å². The lowest BCUT2D eigenvalue weighted by Crippen LogP contribution is -2.45. The predicted molar refractivity (Wildman–Crippen MR) is 102 cm³/mol. The zero-order valence-corrected chi connectivity index (χ0v) is 15.3. The van der Waals surface area contributed by atoms with Crippen LogP contribution in [0.15, 0.2) is 54.6 Å². The first-order chi connectivity index (χ1) is 13.6. The average Bonchev–Trinajstić information content (AvgIpc) is 3.28. The summed E-state index contributed by atoms with van der Waals surface area (Å²) in [5, 5.41) is 0. The second-order valence-corrected chi connectivity index (χ2v) is 7.12. The largest absolute Gasteiger partial charge is 0.338 e. The number of fused-ring (bicyclic) bond motifs is 1. The molecule has 4 rings (SSSR count). The van der Waals surface area contributed by atoms with Crippen molar-refractivity contribution in [2.45, 2.75) is 25.3 Å². The molecule has 0 saturated carbocycles. The van der Waals surface area contributed by atoms with Crippen LogP contribution in [-0.4, -0.2) is 52.4 Å². The van der Waals surface area contributed by atoms with Gasteiger partial charge in [0.1, 0.15) is 6.54 Å². The maximum atomic E-state index is 12.8. The zero-order chi connectivity index (χ0) is 19.7. The number of ketones is 1. The van der Waals surface area contributed by atoms with E-state index in [-0.39, 0.29) is 30.7 Å². The number of likely N-dealkylation sites (tertiary alicyclic amines) is 1. The summed E-state index contributed by atoms with van der Waals surface area (Å²) in [5.74, 6) is -1.18. The van der Waals surface area contributed by atoms with E-state index in [1.807, 2.05) is 18.2 Å². The number of hydrogen-bond acceptors (Lipinski definition) is 4. The van der Waals surface area contributed by atoms with Gasteiger partial charge < -0.3 is 4.90 Å². The van der Waals surface area contributed by atoms with E-state index >= 15 is 0 Å². The zero-order valence-electron chi connectivity index (χ0n) is 15.3. The fraction of sp³-hybridized carbons (Fsp3) is 0.273. The molecule has 1 unspecified atom stereocenters. The van der Waals surface area contributed by atoms with Gasteiger partial charge in [-0.3, -0.25) is 24.1 Å². The van der Waals surface area contributed by atoms with Crippen molar-refractivity contribution in [3.8, 4) is 0 Å². The molecule has 2 aliphatic heterocycles. The van der Waals surface area contributed by atoms with Crippen LogP contribution in [0, 0.1) is 0 Å². The lowest BCUT2D eigenvalue weighted by Gasteiger charge is -2.26. The van der Waals surface area contributed by atoms with Crippen molar-refractivity contribution < 1.29 is 19.2 Å². The molecule has 0 N–H and O–H groups in total. The first-order valence-electron chi connectivity index (χ1n) is 9.39. The van der Waals surface area contributed by atoms with Gasteiger partial charge in [0.2, 0.25) is 5.91 Å². The van der Waals surface area contributed by atoms with Crippen molar-refractivity contribution in [3.63, 3.8) is 0 Å². The Labute approximate surface area is 162 Å². The maximum absolute atomic E-state index is 12.8. The maximum Gasteiger partial charge on any atom is 0.262 e. The SMILES string of the molecule is O=C(CC1CCCN1C(=O)CN1C(=O)c2ccccc2C1=O)c1ccccc1. The van der Waals surface area contributed by atoms with Gasteiger partial charge in [-0.2, -0.15) is 0 Å². The lowest BCUT2D eigenvalue weighted by molar-refractivity contribution is -0.132. The molecule has 1 fully saturated rings. The Morgan fingerprint density at radius 1 is 0.893 bits per heavy atom. The Bertz CT molecular complexity index is 919. The van der Waals surface area contributed by atoms with Gasteiger partial charge in [-0.05, 0) is 25.0 Å². The van der Waals surface area contributed by atoms with Crippen LogP contribution < -0.4 is 0 Å². The summed E-state index contributed by atoms with van der Waals surface area (Å²) in [7, 11) is 0. The molecule has 0 aromatic heterocycles. The minimum absolute atomic E-state index is 0.00831. The highest BCUT2D eigenvalue weighted by Crippen LogP contribution is 2.25. The number of rotatable bonds is 5. The molecule has 6 heteroatoms. The third-order valence-corrected chi connectivity index (χ3v) is 5.39. The molecule has 0 bridgehead atoms. The van der Waals surface area contributed by atoms with Crippen molar-refractivity contribution >= 4 is 23.5 Å². The first kappa shape index (κ1) is 18.1. The first-order valence-corrected chi connectivity index (χ1v) is 9.39. The molecule has 6 nitrogen and oxygen atoms in total. The van der Waals surface area contributed by atoms with Crippen LogP contribution in [0.2, 0.25) is 0 Å². The number of benzene rings is 2. The van der Waals surface area contributed by atoms with Crippen LogP contribution in [0.3, 0.4) is 0 Å². The van der Waals surface area contributed by atoms with E-state index in [0.29, 0.717) is 23.2 Å². The monoisotopic (exact) mass is 376 g/mol. The Morgan fingerprint density at radius 3 is 2.14 bits per heavy atom. The van der Waals surface area contributed by atoms with Gasteiger partial charge in [-0.1, -0.05) is 42.5 Å². The number of carbonyl (C=O) groups is 4. The molecule has 2 aliphatic rings. The normalized spacial score (nSPS) is 18.5. The number of imide groups is 1. The van der Waals surface area contributed by atoms with E-state index in [0.717, 1.165) is 17.7 Å². The van der Waals surface area contributed by atoms with Crippen molar-refractivity contribution in [3.05, 3.63) is 71.3 Å². The van der Waals surface area contributed by atoms with Crippen molar-refractivity contribution in [1.82, 2.24) is 9.80 Å². The van der Waals surface area contributed by atoms with Crippen LogP contribution in [0.4, 0.5) is 0 Å². The number of hydrogen-bond donors (Lipinski definition) is 0. The van der Waals surface area contributed by atoms with E-state index in [1.54, 1.807) is 41.3 Å². The van der Waals surface area contributed by atoms with E-state index in [1.165, 1.54) is 0 Å². The van der Waals surface area contributed by atoms with Crippen molar-refractivity contribution in [2.24, 2.45) is 0 Å². The Hall–Kier alpha value is -3.28. The third-order valence-electron chi connectivity index (χ3n) is 5.39. The highest BCUT2D eigenvalue weighted by molar-refractivity contribution is 6.22. The van der Waals surface area contributed by atoms with Gasteiger partial charge in [0, 0.05) is 24.6 Å². The Morgan fingerprint density at radius 2 is 1.50 bits per heavy atom. The van der Waals surface area contributed by atoms with Gasteiger partial charge in [0.05, 0.1) is 11.1 Å². The molecular formula is C22H20N2O4. The highest BCUT2D eigenvalue weighted by Gasteiger charge is 2.39. The molecule has 1 saturated heterocycles. The Kier molecular flexibility index (Phi) is 4.77. The topological polar surface area (TPSA) is 74.8 Å². The second kappa shape index (κ2) is 7.38. The highest BCUT2D eigenvalue weighted by atomic mass is 16.2. The summed E-state index contributed by atoms with van der Waals surface area (Å²) < 4.78 is 0. The molecular weight excluding hydrogens is 356 g/mol. The average molecular weight is 376 g/mol. The van der Waals surface area contributed by atoms with E-state index in [9.17, 15) is 19.2 Å². The smallest absolute Gasteiger partial charge is 0.262 e. The van der Waals surface area contributed by atoms with Gasteiger partial charge in [0.25, 0.3) is 11.8 Å². The molecule has 0 aliphatic carbocycles. The molecule has 2 aromatic carbocycles. The number of carbonyl (C=O) groups excluding carboxylic acids is 4. The molecule has 2 aromatic rings. The quantitative estimate of drug-likeness (QED) is 0.594. The standard InChI is InChI=1S/C22H20N2O4/c25-19(15-7-2-1-3-8-15)13-16-9-6-12-23(16)20(26)14-24-21(27)17-10-4-5-11-18(17)22(24)28/h1-5,7-8,10-11,16H,6,9,12-14H2. The van der Waals surface area contributed by atoms with Gasteiger partial charge in [-0.25, -0.2) is 0 Å². The summed E-state index contributed by atoms with van der Waals surface area (Å²) >= 11 is 0. The summed E-state index contributed by atoms with van der Waals surface area (Å²) in [5.41, 5.74) is 1.29. The number of nitrogens with zero attached hydrogens (tertiary/aromatic N) is 2. The van der Waals surface area contributed by atoms with E-state index in [4.69, 9.17) is 0 Å². The molecule has 142 valence electrons.